The van der Waals surface area contributed by atoms with E-state index in [4.69, 9.17) is 5.11 Å². The lowest BCUT2D eigenvalue weighted by Crippen LogP contribution is -2.36. The van der Waals surface area contributed by atoms with Gasteiger partial charge in [-0.1, -0.05) is 5.16 Å². The zero-order chi connectivity index (χ0) is 12.4. The number of hydrogen-bond acceptors (Lipinski definition) is 5. The topological polar surface area (TPSA) is 95.7 Å². The standard InChI is InChI=1S/C10H13N3O4/c1-13-3-2-6(5-13)11-9(14)7-4-8(10(15)16)17-12-7/h4,6H,2-3,5H2,1H3,(H,11,14)(H,15,16). The molecule has 2 N–H and O–H groups in total. The Balaban J connectivity index is 1.97. The van der Waals surface area contributed by atoms with Crippen molar-refractivity contribution in [1.82, 2.24) is 15.4 Å². The van der Waals surface area contributed by atoms with Gasteiger partial charge in [-0.25, -0.2) is 4.79 Å². The Labute approximate surface area is 97.4 Å². The van der Waals surface area contributed by atoms with E-state index in [9.17, 15) is 9.59 Å². The highest BCUT2D eigenvalue weighted by molar-refractivity contribution is 5.94. The van der Waals surface area contributed by atoms with E-state index in [0.717, 1.165) is 25.6 Å². The third kappa shape index (κ3) is 2.62. The fraction of sp³-hybridized carbons (Fsp3) is 0.500. The SMILES string of the molecule is CN1CCC(NC(=O)c2cc(C(=O)O)on2)C1. The van der Waals surface area contributed by atoms with Crippen molar-refractivity contribution in [3.8, 4) is 0 Å². The summed E-state index contributed by atoms with van der Waals surface area (Å²) in [7, 11) is 1.98. The first kappa shape index (κ1) is 11.6. The van der Waals surface area contributed by atoms with Gasteiger partial charge in [0.1, 0.15) is 0 Å². The summed E-state index contributed by atoms with van der Waals surface area (Å²) in [4.78, 5) is 24.4. The first-order valence-electron chi connectivity index (χ1n) is 5.25. The minimum Gasteiger partial charge on any atom is -0.475 e. The molecule has 0 saturated carbocycles. The normalized spacial score (nSPS) is 20.4. The first-order chi connectivity index (χ1) is 8.06. The van der Waals surface area contributed by atoms with Crippen molar-refractivity contribution in [2.75, 3.05) is 20.1 Å². The molecule has 1 unspecified atom stereocenters. The number of carbonyl (C=O) groups is 2. The number of likely N-dealkylation sites (N-methyl/N-ethyl adjacent to an activating group) is 1. The summed E-state index contributed by atoms with van der Waals surface area (Å²) in [5, 5.41) is 14.8. The number of aromatic carboxylic acids is 1. The number of nitrogens with one attached hydrogen (secondary N) is 1. The highest BCUT2D eigenvalue weighted by atomic mass is 16.5. The van der Waals surface area contributed by atoms with E-state index >= 15 is 0 Å². The third-order valence-corrected chi connectivity index (χ3v) is 2.68. The molecule has 17 heavy (non-hydrogen) atoms. The van der Waals surface area contributed by atoms with E-state index < -0.39 is 11.9 Å². The Morgan fingerprint density at radius 1 is 1.65 bits per heavy atom. The summed E-state index contributed by atoms with van der Waals surface area (Å²) < 4.78 is 4.51. The number of carboxylic acids is 1. The summed E-state index contributed by atoms with van der Waals surface area (Å²) in [5.41, 5.74) is -0.00282. The lowest BCUT2D eigenvalue weighted by Gasteiger charge is -2.11. The van der Waals surface area contributed by atoms with Crippen molar-refractivity contribution in [3.63, 3.8) is 0 Å². The van der Waals surface area contributed by atoms with Crippen LogP contribution in [0.4, 0.5) is 0 Å². The van der Waals surface area contributed by atoms with Gasteiger partial charge in [-0.2, -0.15) is 0 Å². The van der Waals surface area contributed by atoms with Gasteiger partial charge in [0.25, 0.3) is 5.91 Å². The summed E-state index contributed by atoms with van der Waals surface area (Å²) in [6.45, 7) is 1.72. The number of amides is 1. The van der Waals surface area contributed by atoms with Crippen LogP contribution < -0.4 is 5.32 Å². The predicted molar refractivity (Wildman–Crippen MR) is 56.8 cm³/mol. The van der Waals surface area contributed by atoms with Gasteiger partial charge in [0, 0.05) is 18.7 Å². The van der Waals surface area contributed by atoms with Crippen LogP contribution in [-0.4, -0.2) is 53.2 Å². The van der Waals surface area contributed by atoms with Gasteiger partial charge < -0.3 is 19.8 Å². The zero-order valence-electron chi connectivity index (χ0n) is 9.34. The molecule has 0 bridgehead atoms. The average molecular weight is 239 g/mol. The first-order valence-corrected chi connectivity index (χ1v) is 5.25. The second-order valence-corrected chi connectivity index (χ2v) is 4.10. The lowest BCUT2D eigenvalue weighted by molar-refractivity contribution is 0.0651. The molecule has 1 aliphatic heterocycles. The smallest absolute Gasteiger partial charge is 0.374 e. The Morgan fingerprint density at radius 3 is 2.94 bits per heavy atom. The van der Waals surface area contributed by atoms with Crippen molar-refractivity contribution in [2.45, 2.75) is 12.5 Å². The summed E-state index contributed by atoms with van der Waals surface area (Å²) >= 11 is 0. The quantitative estimate of drug-likeness (QED) is 0.758. The maximum Gasteiger partial charge on any atom is 0.374 e. The van der Waals surface area contributed by atoms with Crippen molar-refractivity contribution >= 4 is 11.9 Å². The van der Waals surface area contributed by atoms with Crippen molar-refractivity contribution in [2.24, 2.45) is 0 Å². The van der Waals surface area contributed by atoms with Crippen LogP contribution in [0.1, 0.15) is 27.5 Å². The summed E-state index contributed by atoms with van der Waals surface area (Å²) in [6.07, 6.45) is 0.881. The van der Waals surface area contributed by atoms with Gasteiger partial charge in [-0.15, -0.1) is 0 Å². The molecule has 1 aliphatic rings. The minimum atomic E-state index is -1.24. The van der Waals surface area contributed by atoms with E-state index in [2.05, 4.69) is 19.9 Å². The van der Waals surface area contributed by atoms with Gasteiger partial charge in [0.2, 0.25) is 5.76 Å². The second-order valence-electron chi connectivity index (χ2n) is 4.10. The molecule has 0 aliphatic carbocycles. The third-order valence-electron chi connectivity index (χ3n) is 2.68. The predicted octanol–water partition coefficient (Wildman–Crippen LogP) is -0.193. The fourth-order valence-electron chi connectivity index (χ4n) is 1.80. The molecule has 1 atom stereocenters. The largest absolute Gasteiger partial charge is 0.475 e. The van der Waals surface area contributed by atoms with Crippen LogP contribution in [0.3, 0.4) is 0 Å². The van der Waals surface area contributed by atoms with Crippen LogP contribution >= 0.6 is 0 Å². The average Bonchev–Trinajstić information content (AvgIpc) is 2.86. The van der Waals surface area contributed by atoms with Crippen molar-refractivity contribution in [3.05, 3.63) is 17.5 Å². The number of carbonyl (C=O) groups excluding carboxylic acids is 1. The Hall–Kier alpha value is -1.89. The molecule has 0 aromatic carbocycles. The van der Waals surface area contributed by atoms with Gasteiger partial charge in [-0.3, -0.25) is 4.79 Å². The molecule has 1 aromatic rings. The minimum absolute atomic E-state index is 0.00282. The molecule has 92 valence electrons. The number of nitrogens with zero attached hydrogens (tertiary/aromatic N) is 2. The van der Waals surface area contributed by atoms with Gasteiger partial charge in [0.15, 0.2) is 5.69 Å². The van der Waals surface area contributed by atoms with E-state index in [-0.39, 0.29) is 17.5 Å². The van der Waals surface area contributed by atoms with E-state index in [1.807, 2.05) is 7.05 Å². The fourth-order valence-corrected chi connectivity index (χ4v) is 1.80. The Bertz CT molecular complexity index is 443. The molecule has 7 heteroatoms. The van der Waals surface area contributed by atoms with Crippen LogP contribution in [0.25, 0.3) is 0 Å². The number of carboxylic acid groups (broad SMARTS) is 1. The Morgan fingerprint density at radius 2 is 2.41 bits per heavy atom. The van der Waals surface area contributed by atoms with E-state index in [1.54, 1.807) is 0 Å². The van der Waals surface area contributed by atoms with Crippen LogP contribution in [0, 0.1) is 0 Å². The molecule has 1 amide bonds. The molecular formula is C10H13N3O4. The van der Waals surface area contributed by atoms with E-state index in [0.29, 0.717) is 0 Å². The van der Waals surface area contributed by atoms with Crippen LogP contribution in [0.2, 0.25) is 0 Å². The molecule has 2 heterocycles. The van der Waals surface area contributed by atoms with Crippen LogP contribution in [-0.2, 0) is 0 Å². The van der Waals surface area contributed by atoms with Gasteiger partial charge >= 0.3 is 5.97 Å². The highest BCUT2D eigenvalue weighted by Gasteiger charge is 2.23. The Kier molecular flexibility index (Phi) is 3.10. The molecule has 0 radical (unpaired) electrons. The monoisotopic (exact) mass is 239 g/mol. The van der Waals surface area contributed by atoms with Crippen LogP contribution in [0.15, 0.2) is 10.6 Å². The number of hydrogen-bond donors (Lipinski definition) is 2. The lowest BCUT2D eigenvalue weighted by atomic mass is 10.2. The molecule has 1 aromatic heterocycles. The van der Waals surface area contributed by atoms with E-state index in [1.165, 1.54) is 0 Å². The maximum absolute atomic E-state index is 11.7. The molecule has 7 nitrogen and oxygen atoms in total. The van der Waals surface area contributed by atoms with Crippen molar-refractivity contribution < 1.29 is 19.2 Å². The molecule has 2 rings (SSSR count). The van der Waals surface area contributed by atoms with Gasteiger partial charge in [-0.05, 0) is 20.0 Å². The molecule has 1 saturated heterocycles. The number of aromatic nitrogens is 1. The molecule has 0 spiro atoms. The summed E-state index contributed by atoms with van der Waals surface area (Å²) in [6, 6.07) is 1.20. The number of rotatable bonds is 3. The summed E-state index contributed by atoms with van der Waals surface area (Å²) in [5.74, 6) is -1.97. The highest BCUT2D eigenvalue weighted by Crippen LogP contribution is 2.08. The number of likely N-dealkylation sites (tertiary alicyclic amines) is 1. The van der Waals surface area contributed by atoms with Gasteiger partial charge in [0.05, 0.1) is 0 Å². The zero-order valence-corrected chi connectivity index (χ0v) is 9.34. The van der Waals surface area contributed by atoms with Crippen molar-refractivity contribution in [1.29, 1.82) is 0 Å². The molecular weight excluding hydrogens is 226 g/mol. The maximum atomic E-state index is 11.7. The molecule has 1 fully saturated rings. The second kappa shape index (κ2) is 4.54. The van der Waals surface area contributed by atoms with Crippen LogP contribution in [0.5, 0.6) is 0 Å².